The highest BCUT2D eigenvalue weighted by Crippen LogP contribution is 2.35. The van der Waals surface area contributed by atoms with Gasteiger partial charge in [0.2, 0.25) is 0 Å². The molecule has 2 aromatic rings. The topological polar surface area (TPSA) is 37.4 Å². The van der Waals surface area contributed by atoms with Crippen LogP contribution in [0, 0.1) is 0 Å². The van der Waals surface area contributed by atoms with E-state index >= 15 is 0 Å². The van der Waals surface area contributed by atoms with E-state index in [2.05, 4.69) is 4.90 Å². The first kappa shape index (κ1) is 18.7. The summed E-state index contributed by atoms with van der Waals surface area (Å²) < 4.78 is 0. The number of Topliss-reactive ketones (excluding diaryl/α,β-unsaturated/α-hetero) is 2. The van der Waals surface area contributed by atoms with Crippen molar-refractivity contribution in [2.24, 2.45) is 0 Å². The second-order valence-corrected chi connectivity index (χ2v) is 7.71. The molecule has 0 unspecified atom stereocenters. The minimum Gasteiger partial charge on any atom is -0.345 e. The summed E-state index contributed by atoms with van der Waals surface area (Å²) in [5.41, 5.74) is 4.47. The van der Waals surface area contributed by atoms with E-state index in [-0.39, 0.29) is 17.1 Å². The highest BCUT2D eigenvalue weighted by molar-refractivity contribution is 6.40. The molecule has 0 fully saturated rings. The lowest BCUT2D eigenvalue weighted by Crippen LogP contribution is -2.23. The quantitative estimate of drug-likeness (QED) is 0.451. The van der Waals surface area contributed by atoms with Gasteiger partial charge in [-0.25, -0.2) is 0 Å². The summed E-state index contributed by atoms with van der Waals surface area (Å²) >= 11 is 12.6. The van der Waals surface area contributed by atoms with Crippen molar-refractivity contribution in [1.82, 2.24) is 4.90 Å². The summed E-state index contributed by atoms with van der Waals surface area (Å²) in [6, 6.07) is 12.4. The summed E-state index contributed by atoms with van der Waals surface area (Å²) in [6.45, 7) is 4.39. The van der Waals surface area contributed by atoms with Crippen molar-refractivity contribution in [3.05, 3.63) is 104 Å². The van der Waals surface area contributed by atoms with Crippen LogP contribution in [0.1, 0.15) is 40.1 Å². The number of carbonyl (C=O) groups is 2. The summed E-state index contributed by atoms with van der Waals surface area (Å²) in [4.78, 5) is 27.7. The molecule has 1 aliphatic heterocycles. The Balaban J connectivity index is 1.73. The van der Waals surface area contributed by atoms with Crippen molar-refractivity contribution in [3.8, 4) is 0 Å². The number of carbonyl (C=O) groups excluding carboxylic acids is 2. The molecular formula is C23H17Cl2NO2. The molecule has 0 N–H and O–H groups in total. The Morgan fingerprint density at radius 2 is 1.29 bits per heavy atom. The molecule has 0 bridgehead atoms. The van der Waals surface area contributed by atoms with Crippen molar-refractivity contribution < 1.29 is 9.59 Å². The Bertz CT molecular complexity index is 1050. The fourth-order valence-corrected chi connectivity index (χ4v) is 4.19. The summed E-state index contributed by atoms with van der Waals surface area (Å²) in [7, 11) is 0. The Morgan fingerprint density at radius 3 is 1.79 bits per heavy atom. The number of ketones is 2. The predicted octanol–water partition coefficient (Wildman–Crippen LogP) is 5.99. The van der Waals surface area contributed by atoms with Gasteiger partial charge in [-0.05, 0) is 43.7 Å². The average Bonchev–Trinajstić information content (AvgIpc) is 2.91. The van der Waals surface area contributed by atoms with Crippen LogP contribution in [-0.2, 0) is 6.54 Å². The smallest absolute Gasteiger partial charge is 0.198 e. The zero-order valence-corrected chi connectivity index (χ0v) is 16.9. The lowest BCUT2D eigenvalue weighted by Gasteiger charge is -2.30. The van der Waals surface area contributed by atoms with E-state index in [4.69, 9.17) is 23.2 Å². The minimum absolute atomic E-state index is 0.216. The maximum atomic E-state index is 12.8. The van der Waals surface area contributed by atoms with Crippen LogP contribution in [0.2, 0.25) is 10.0 Å². The molecule has 140 valence electrons. The maximum Gasteiger partial charge on any atom is 0.198 e. The average molecular weight is 410 g/mol. The van der Waals surface area contributed by atoms with Crippen LogP contribution >= 0.6 is 23.2 Å². The Morgan fingerprint density at radius 1 is 0.786 bits per heavy atom. The van der Waals surface area contributed by atoms with E-state index in [0.29, 0.717) is 33.3 Å². The lowest BCUT2D eigenvalue weighted by molar-refractivity contribution is 0.0988. The molecule has 0 amide bonds. The first-order valence-electron chi connectivity index (χ1n) is 8.88. The van der Waals surface area contributed by atoms with Gasteiger partial charge < -0.3 is 4.90 Å². The Kier molecular flexibility index (Phi) is 4.74. The zero-order chi connectivity index (χ0) is 20.0. The number of halogens is 2. The summed E-state index contributed by atoms with van der Waals surface area (Å²) in [5.74, 6) is -0.433. The molecule has 3 nitrogen and oxygen atoms in total. The van der Waals surface area contributed by atoms with Crippen molar-refractivity contribution >= 4 is 34.8 Å². The fraction of sp³-hybridized carbons (Fsp3) is 0.130. The first-order valence-corrected chi connectivity index (χ1v) is 9.64. The molecule has 0 aromatic heterocycles. The molecule has 2 aromatic carbocycles. The van der Waals surface area contributed by atoms with Crippen LogP contribution in [0.15, 0.2) is 77.2 Å². The molecule has 5 heteroatoms. The molecule has 0 atom stereocenters. The number of hydrogen-bond donors (Lipinski definition) is 0. The van der Waals surface area contributed by atoms with Gasteiger partial charge in [-0.15, -0.1) is 0 Å². The third kappa shape index (κ3) is 3.01. The second-order valence-electron chi connectivity index (χ2n) is 6.89. The van der Waals surface area contributed by atoms with Gasteiger partial charge in [0.05, 0.1) is 12.1 Å². The number of allylic oxidation sites excluding steroid dienone is 6. The Labute approximate surface area is 173 Å². The van der Waals surface area contributed by atoms with Gasteiger partial charge in [0.25, 0.3) is 0 Å². The van der Waals surface area contributed by atoms with E-state index in [1.165, 1.54) is 0 Å². The van der Waals surface area contributed by atoms with E-state index < -0.39 is 0 Å². The first-order chi connectivity index (χ1) is 13.4. The van der Waals surface area contributed by atoms with E-state index in [1.54, 1.807) is 24.3 Å². The standard InChI is InChI=1S/C23H17Cl2NO2/c1-13-10-15(21-22(27)16-6-3-4-7-17(16)23(21)28)11-14(2)26(13)12-18-19(24)8-5-9-20(18)25/h3-11H,12H2,1-2H3. The van der Waals surface area contributed by atoms with Crippen molar-refractivity contribution in [3.63, 3.8) is 0 Å². The molecule has 28 heavy (non-hydrogen) atoms. The second kappa shape index (κ2) is 7.08. The molecule has 2 aliphatic rings. The molecule has 1 aliphatic carbocycles. The largest absolute Gasteiger partial charge is 0.345 e. The maximum absolute atomic E-state index is 12.8. The van der Waals surface area contributed by atoms with Gasteiger partial charge in [0.1, 0.15) is 0 Å². The molecule has 1 heterocycles. The fourth-order valence-electron chi connectivity index (χ4n) is 3.67. The molecule has 4 rings (SSSR count). The molecular weight excluding hydrogens is 393 g/mol. The Hall–Kier alpha value is -2.62. The van der Waals surface area contributed by atoms with Crippen LogP contribution in [0.25, 0.3) is 0 Å². The van der Waals surface area contributed by atoms with Crippen LogP contribution in [0.5, 0.6) is 0 Å². The van der Waals surface area contributed by atoms with Gasteiger partial charge in [0.15, 0.2) is 11.6 Å². The van der Waals surface area contributed by atoms with E-state index in [9.17, 15) is 9.59 Å². The van der Waals surface area contributed by atoms with Crippen LogP contribution in [0.3, 0.4) is 0 Å². The van der Waals surface area contributed by atoms with E-state index in [0.717, 1.165) is 17.0 Å². The summed E-state index contributed by atoms with van der Waals surface area (Å²) in [5, 5.41) is 1.21. The van der Waals surface area contributed by atoms with E-state index in [1.807, 2.05) is 44.2 Å². The van der Waals surface area contributed by atoms with Crippen molar-refractivity contribution in [2.45, 2.75) is 20.4 Å². The highest BCUT2D eigenvalue weighted by Gasteiger charge is 2.35. The molecule has 0 spiro atoms. The predicted molar refractivity (Wildman–Crippen MR) is 112 cm³/mol. The highest BCUT2D eigenvalue weighted by atomic mass is 35.5. The van der Waals surface area contributed by atoms with Crippen molar-refractivity contribution in [1.29, 1.82) is 0 Å². The minimum atomic E-state index is -0.216. The third-order valence-electron chi connectivity index (χ3n) is 5.12. The van der Waals surface area contributed by atoms with Crippen LogP contribution in [0.4, 0.5) is 0 Å². The van der Waals surface area contributed by atoms with Gasteiger partial charge in [-0.2, -0.15) is 0 Å². The monoisotopic (exact) mass is 409 g/mol. The number of fused-ring (bicyclic) bond motifs is 1. The van der Waals surface area contributed by atoms with Crippen LogP contribution < -0.4 is 0 Å². The summed E-state index contributed by atoms with van der Waals surface area (Å²) in [6.07, 6.45) is 3.74. The van der Waals surface area contributed by atoms with Gasteiger partial charge in [0, 0.05) is 38.1 Å². The number of hydrogen-bond acceptors (Lipinski definition) is 3. The molecule has 0 radical (unpaired) electrons. The van der Waals surface area contributed by atoms with Crippen molar-refractivity contribution in [2.75, 3.05) is 0 Å². The van der Waals surface area contributed by atoms with Gasteiger partial charge in [-0.1, -0.05) is 53.5 Å². The number of nitrogens with zero attached hydrogens (tertiary/aromatic N) is 1. The van der Waals surface area contributed by atoms with Crippen LogP contribution in [-0.4, -0.2) is 16.5 Å². The molecule has 0 saturated heterocycles. The number of rotatable bonds is 2. The normalized spacial score (nSPS) is 16.4. The van der Waals surface area contributed by atoms with Gasteiger partial charge in [-0.3, -0.25) is 9.59 Å². The van der Waals surface area contributed by atoms with Gasteiger partial charge >= 0.3 is 0 Å². The number of benzene rings is 2. The lowest BCUT2D eigenvalue weighted by atomic mass is 9.98. The third-order valence-corrected chi connectivity index (χ3v) is 5.83. The zero-order valence-electron chi connectivity index (χ0n) is 15.4. The SMILES string of the molecule is CC1=CC(=C2C(=O)c3ccccc3C2=O)C=C(C)N1Cc1c(Cl)cccc1Cl. The molecule has 0 saturated carbocycles.